The lowest BCUT2D eigenvalue weighted by molar-refractivity contribution is 0.204. The molecule has 3 rings (SSSR count). The van der Waals surface area contributed by atoms with E-state index in [0.717, 1.165) is 21.9 Å². The predicted octanol–water partition coefficient (Wildman–Crippen LogP) is 3.93. The topological polar surface area (TPSA) is 49.4 Å². The molecule has 0 N–H and O–H groups in total. The van der Waals surface area contributed by atoms with Gasteiger partial charge in [-0.25, -0.2) is 4.21 Å². The second-order valence-electron chi connectivity index (χ2n) is 5.09. The summed E-state index contributed by atoms with van der Waals surface area (Å²) in [7, 11) is 0. The normalized spacial score (nSPS) is 13.9. The van der Waals surface area contributed by atoms with E-state index in [0.29, 0.717) is 6.42 Å². The Labute approximate surface area is 132 Å². The van der Waals surface area contributed by atoms with Gasteiger partial charge in [-0.15, -0.1) is 0 Å². The predicted molar refractivity (Wildman–Crippen MR) is 86.8 cm³/mol. The number of hydrogen-bond donors (Lipinski definition) is 0. The molecular formula is C18H15O3S-. The van der Waals surface area contributed by atoms with Crippen molar-refractivity contribution in [2.75, 3.05) is 0 Å². The number of fused-ring (bicyclic) bond motifs is 1. The summed E-state index contributed by atoms with van der Waals surface area (Å²) < 4.78 is 27.0. The monoisotopic (exact) mass is 311 g/mol. The van der Waals surface area contributed by atoms with Gasteiger partial charge in [-0.1, -0.05) is 72.8 Å². The zero-order valence-electron chi connectivity index (χ0n) is 11.8. The highest BCUT2D eigenvalue weighted by atomic mass is 32.2. The van der Waals surface area contributed by atoms with Crippen molar-refractivity contribution in [3.05, 3.63) is 83.9 Å². The summed E-state index contributed by atoms with van der Waals surface area (Å²) >= 11 is -2.55. The van der Waals surface area contributed by atoms with Gasteiger partial charge in [0.25, 0.3) is 0 Å². The molecule has 112 valence electrons. The van der Waals surface area contributed by atoms with Gasteiger partial charge < -0.3 is 4.55 Å². The molecule has 0 aromatic heterocycles. The Balaban J connectivity index is 1.89. The summed E-state index contributed by atoms with van der Waals surface area (Å²) in [5.41, 5.74) is 1.89. The molecule has 3 nitrogen and oxygen atoms in total. The van der Waals surface area contributed by atoms with E-state index in [9.17, 15) is 8.76 Å². The zero-order chi connectivity index (χ0) is 15.4. The SMILES string of the molecule is O=S([O-])OC(Cc1ccc2ccccc2c1)c1ccccc1. The number of hydrogen-bond acceptors (Lipinski definition) is 3. The van der Waals surface area contributed by atoms with Crippen molar-refractivity contribution in [2.45, 2.75) is 12.5 Å². The summed E-state index contributed by atoms with van der Waals surface area (Å²) in [6.45, 7) is 0. The van der Waals surface area contributed by atoms with E-state index in [1.165, 1.54) is 0 Å². The fraction of sp³-hybridized carbons (Fsp3) is 0.111. The molecule has 0 aliphatic carbocycles. The number of benzene rings is 3. The summed E-state index contributed by atoms with van der Waals surface area (Å²) in [5.74, 6) is 0. The van der Waals surface area contributed by atoms with E-state index in [-0.39, 0.29) is 0 Å². The number of rotatable bonds is 5. The Morgan fingerprint density at radius 3 is 2.32 bits per heavy atom. The van der Waals surface area contributed by atoms with E-state index in [1.807, 2.05) is 60.7 Å². The van der Waals surface area contributed by atoms with Crippen molar-refractivity contribution < 1.29 is 12.9 Å². The first-order valence-electron chi connectivity index (χ1n) is 7.01. The highest BCUT2D eigenvalue weighted by Crippen LogP contribution is 2.25. The Morgan fingerprint density at radius 1 is 0.909 bits per heavy atom. The zero-order valence-corrected chi connectivity index (χ0v) is 12.7. The molecule has 3 aromatic rings. The van der Waals surface area contributed by atoms with Crippen LogP contribution in [0.1, 0.15) is 17.2 Å². The third kappa shape index (κ3) is 3.60. The largest absolute Gasteiger partial charge is 0.750 e. The molecule has 0 radical (unpaired) electrons. The molecule has 2 atom stereocenters. The van der Waals surface area contributed by atoms with Crippen LogP contribution >= 0.6 is 0 Å². The molecule has 0 amide bonds. The summed E-state index contributed by atoms with van der Waals surface area (Å²) in [6.07, 6.45) is -0.0104. The minimum Gasteiger partial charge on any atom is -0.750 e. The molecule has 0 spiro atoms. The van der Waals surface area contributed by atoms with Crippen LogP contribution < -0.4 is 0 Å². The Bertz CT molecular complexity index is 786. The summed E-state index contributed by atoms with van der Waals surface area (Å²) in [6, 6.07) is 23.6. The van der Waals surface area contributed by atoms with E-state index in [2.05, 4.69) is 12.1 Å². The van der Waals surface area contributed by atoms with Crippen LogP contribution in [-0.4, -0.2) is 8.76 Å². The smallest absolute Gasteiger partial charge is 0.103 e. The second kappa shape index (κ2) is 6.83. The van der Waals surface area contributed by atoms with E-state index in [1.54, 1.807) is 0 Å². The minimum atomic E-state index is -2.55. The molecule has 2 unspecified atom stereocenters. The van der Waals surface area contributed by atoms with Crippen LogP contribution in [0.4, 0.5) is 0 Å². The van der Waals surface area contributed by atoms with Gasteiger partial charge in [0.1, 0.15) is 6.10 Å². The third-order valence-corrected chi connectivity index (χ3v) is 3.99. The molecule has 0 bridgehead atoms. The molecule has 4 heteroatoms. The molecule has 3 aromatic carbocycles. The molecule has 0 saturated carbocycles. The average molecular weight is 311 g/mol. The lowest BCUT2D eigenvalue weighted by Gasteiger charge is -2.19. The third-order valence-electron chi connectivity index (χ3n) is 3.60. The summed E-state index contributed by atoms with van der Waals surface area (Å²) in [4.78, 5) is 0. The first-order valence-corrected chi connectivity index (χ1v) is 8.01. The van der Waals surface area contributed by atoms with E-state index in [4.69, 9.17) is 4.18 Å². The van der Waals surface area contributed by atoms with Gasteiger partial charge in [0.15, 0.2) is 0 Å². The molecule has 0 aliphatic rings. The Kier molecular flexibility index (Phi) is 4.63. The van der Waals surface area contributed by atoms with Crippen LogP contribution in [0.15, 0.2) is 72.8 Å². The Morgan fingerprint density at radius 2 is 1.59 bits per heavy atom. The fourth-order valence-electron chi connectivity index (χ4n) is 2.55. The maximum absolute atomic E-state index is 11.0. The van der Waals surface area contributed by atoms with Gasteiger partial charge in [0.05, 0.1) is 11.4 Å². The molecular weight excluding hydrogens is 296 g/mol. The van der Waals surface area contributed by atoms with Crippen molar-refractivity contribution in [3.63, 3.8) is 0 Å². The van der Waals surface area contributed by atoms with Crippen molar-refractivity contribution >= 4 is 22.1 Å². The molecule has 22 heavy (non-hydrogen) atoms. The average Bonchev–Trinajstić information content (AvgIpc) is 2.54. The van der Waals surface area contributed by atoms with Crippen molar-refractivity contribution in [2.24, 2.45) is 0 Å². The molecule has 0 aliphatic heterocycles. The van der Waals surface area contributed by atoms with Gasteiger partial charge in [-0.2, -0.15) is 0 Å². The standard InChI is InChI=1S/C18H16O3S/c19-22(20)21-18(16-7-2-1-3-8-16)13-14-10-11-15-6-4-5-9-17(15)12-14/h1-12,18H,13H2,(H,19,20)/p-1. The van der Waals surface area contributed by atoms with Gasteiger partial charge in [0.2, 0.25) is 0 Å². The molecule has 0 fully saturated rings. The first-order chi connectivity index (χ1) is 10.7. The second-order valence-corrected chi connectivity index (χ2v) is 5.69. The van der Waals surface area contributed by atoms with Gasteiger partial charge >= 0.3 is 0 Å². The van der Waals surface area contributed by atoms with Crippen molar-refractivity contribution in [1.82, 2.24) is 0 Å². The van der Waals surface area contributed by atoms with Crippen LogP contribution in [0.5, 0.6) is 0 Å². The Hall–Kier alpha value is -2.01. The van der Waals surface area contributed by atoms with Crippen molar-refractivity contribution in [1.29, 1.82) is 0 Å². The summed E-state index contributed by atoms with van der Waals surface area (Å²) in [5, 5.41) is 2.30. The van der Waals surface area contributed by atoms with Crippen LogP contribution in [0.3, 0.4) is 0 Å². The highest BCUT2D eigenvalue weighted by molar-refractivity contribution is 7.74. The van der Waals surface area contributed by atoms with E-state index < -0.39 is 17.5 Å². The highest BCUT2D eigenvalue weighted by Gasteiger charge is 2.14. The lowest BCUT2D eigenvalue weighted by atomic mass is 9.99. The van der Waals surface area contributed by atoms with Gasteiger partial charge in [-0.3, -0.25) is 4.18 Å². The van der Waals surface area contributed by atoms with Crippen LogP contribution in [0.25, 0.3) is 10.8 Å². The lowest BCUT2D eigenvalue weighted by Crippen LogP contribution is -2.09. The van der Waals surface area contributed by atoms with Gasteiger partial charge in [-0.05, 0) is 21.9 Å². The maximum atomic E-state index is 11.0. The minimum absolute atomic E-state index is 0.503. The van der Waals surface area contributed by atoms with Crippen LogP contribution in [0, 0.1) is 0 Å². The van der Waals surface area contributed by atoms with E-state index >= 15 is 0 Å². The molecule has 0 heterocycles. The van der Waals surface area contributed by atoms with Crippen LogP contribution in [0.2, 0.25) is 0 Å². The first kappa shape index (κ1) is 14.9. The molecule has 0 saturated heterocycles. The van der Waals surface area contributed by atoms with Gasteiger partial charge in [0, 0.05) is 6.42 Å². The maximum Gasteiger partial charge on any atom is 0.103 e. The van der Waals surface area contributed by atoms with Crippen molar-refractivity contribution in [3.8, 4) is 0 Å². The van der Waals surface area contributed by atoms with Crippen LogP contribution in [-0.2, 0) is 22.0 Å². The fourth-order valence-corrected chi connectivity index (χ4v) is 2.92. The quantitative estimate of drug-likeness (QED) is 0.671.